The zero-order valence-electron chi connectivity index (χ0n) is 34.4. The fourth-order valence-corrected chi connectivity index (χ4v) is 7.27. The molecule has 4 aromatic carbocycles. The van der Waals surface area contributed by atoms with Crippen molar-refractivity contribution >= 4 is 115 Å². The van der Waals surface area contributed by atoms with E-state index in [1.54, 1.807) is 60.7 Å². The summed E-state index contributed by atoms with van der Waals surface area (Å²) in [6.45, 7) is 0. The van der Waals surface area contributed by atoms with Crippen LogP contribution in [0.25, 0.3) is 12.2 Å². The van der Waals surface area contributed by atoms with Gasteiger partial charge in [0.2, 0.25) is 35.7 Å². The van der Waals surface area contributed by atoms with Crippen LogP contribution < -0.4 is 31.9 Å². The van der Waals surface area contributed by atoms with E-state index in [1.807, 2.05) is 0 Å². The molecule has 28 heteroatoms. The van der Waals surface area contributed by atoms with Crippen molar-refractivity contribution in [3.8, 4) is 0 Å². The van der Waals surface area contributed by atoms with Crippen molar-refractivity contribution in [3.05, 3.63) is 108 Å². The summed E-state index contributed by atoms with van der Waals surface area (Å²) in [5.41, 5.74) is 0.516. The molecular formula is C40H36N12O14S2. The van der Waals surface area contributed by atoms with Gasteiger partial charge in [-0.2, -0.15) is 46.7 Å². The molecule has 0 spiro atoms. The molecule has 2 heterocycles. The van der Waals surface area contributed by atoms with Crippen LogP contribution in [0.1, 0.15) is 24.0 Å². The lowest BCUT2D eigenvalue weighted by Gasteiger charge is -2.15. The molecule has 0 bridgehead atoms. The number of rotatable bonds is 22. The molecule has 12 N–H and O–H groups in total. The topological polar surface area (TPSA) is 407 Å². The van der Waals surface area contributed by atoms with Crippen LogP contribution in [0.2, 0.25) is 0 Å². The molecule has 6 aromatic rings. The molecule has 0 aliphatic rings. The normalized spacial score (nSPS) is 12.3. The molecule has 6 rings (SSSR count). The highest BCUT2D eigenvalue weighted by Crippen LogP contribution is 2.29. The SMILES string of the molecule is O=C(O)CC(Nc1nc(Nc2ccccc2)nc(Nc2ccc(C=Cc3ccc(Nc4nc(Nc5ccccc5)nc(NC(CC(=O)O)C(=O)O)n4)cc3S(=O)(=O)O)c(S(=O)(=O)O)c2)n1)C(=O)O. The van der Waals surface area contributed by atoms with Crippen molar-refractivity contribution in [2.75, 3.05) is 31.9 Å². The number of anilines is 10. The molecule has 2 unspecified atom stereocenters. The van der Waals surface area contributed by atoms with E-state index in [0.29, 0.717) is 11.4 Å². The fourth-order valence-electron chi connectivity index (χ4n) is 5.85. The zero-order valence-corrected chi connectivity index (χ0v) is 36.0. The third kappa shape index (κ3) is 13.8. The number of nitrogens with zero attached hydrogens (tertiary/aromatic N) is 6. The molecule has 0 fully saturated rings. The maximum absolute atomic E-state index is 12.7. The summed E-state index contributed by atoms with van der Waals surface area (Å²) >= 11 is 0. The first-order valence-corrected chi connectivity index (χ1v) is 22.1. The van der Waals surface area contributed by atoms with Crippen LogP contribution in [0, 0.1) is 0 Å². The summed E-state index contributed by atoms with van der Waals surface area (Å²) < 4.78 is 71.3. The van der Waals surface area contributed by atoms with Crippen LogP contribution in [0.15, 0.2) is 107 Å². The van der Waals surface area contributed by atoms with Crippen molar-refractivity contribution in [3.63, 3.8) is 0 Å². The number of aromatic nitrogens is 6. The van der Waals surface area contributed by atoms with E-state index in [9.17, 15) is 65.5 Å². The zero-order chi connectivity index (χ0) is 49.2. The van der Waals surface area contributed by atoms with Gasteiger partial charge in [-0.3, -0.25) is 18.7 Å². The van der Waals surface area contributed by atoms with Crippen LogP contribution in [0.3, 0.4) is 0 Å². The predicted molar refractivity (Wildman–Crippen MR) is 242 cm³/mol. The van der Waals surface area contributed by atoms with Gasteiger partial charge in [-0.1, -0.05) is 60.7 Å². The summed E-state index contributed by atoms with van der Waals surface area (Å²) in [7, 11) is -10.1. The minimum absolute atomic E-state index is 0.0499. The highest BCUT2D eigenvalue weighted by molar-refractivity contribution is 7.86. The molecule has 0 saturated carbocycles. The summed E-state index contributed by atoms with van der Waals surface area (Å²) in [6, 6.07) is 20.5. The van der Waals surface area contributed by atoms with Crippen molar-refractivity contribution < 1.29 is 65.5 Å². The number of carbonyl (C=O) groups is 4. The monoisotopic (exact) mass is 972 g/mol. The Morgan fingerprint density at radius 3 is 1.06 bits per heavy atom. The number of hydrogen-bond acceptors (Lipinski definition) is 20. The first kappa shape index (κ1) is 48.6. The molecule has 0 radical (unpaired) electrons. The maximum atomic E-state index is 12.7. The second-order valence-electron chi connectivity index (χ2n) is 13.9. The average molecular weight is 973 g/mol. The van der Waals surface area contributed by atoms with Crippen LogP contribution in [0.4, 0.5) is 58.4 Å². The van der Waals surface area contributed by atoms with Gasteiger partial charge in [-0.15, -0.1) is 0 Å². The van der Waals surface area contributed by atoms with Gasteiger partial charge in [0.1, 0.15) is 21.9 Å². The van der Waals surface area contributed by atoms with E-state index >= 15 is 0 Å². The lowest BCUT2D eigenvalue weighted by molar-refractivity contribution is -0.144. The van der Waals surface area contributed by atoms with Crippen LogP contribution in [-0.4, -0.2) is 112 Å². The van der Waals surface area contributed by atoms with Gasteiger partial charge in [0.15, 0.2) is 0 Å². The number of carboxylic acids is 4. The summed E-state index contributed by atoms with van der Waals surface area (Å²) in [5, 5.41) is 53.6. The Bertz CT molecular complexity index is 2920. The lowest BCUT2D eigenvalue weighted by Crippen LogP contribution is -2.32. The summed E-state index contributed by atoms with van der Waals surface area (Å²) in [4.78, 5) is 69.7. The maximum Gasteiger partial charge on any atom is 0.326 e. The van der Waals surface area contributed by atoms with Crippen LogP contribution in [-0.2, 0) is 39.4 Å². The second kappa shape index (κ2) is 21.0. The molecule has 26 nitrogen and oxygen atoms in total. The van der Waals surface area contributed by atoms with Crippen molar-refractivity contribution in [2.45, 2.75) is 34.7 Å². The number of aliphatic carboxylic acids is 4. The minimum Gasteiger partial charge on any atom is -0.481 e. The van der Waals surface area contributed by atoms with Crippen molar-refractivity contribution in [2.24, 2.45) is 0 Å². The van der Waals surface area contributed by atoms with Gasteiger partial charge in [0.25, 0.3) is 20.2 Å². The Kier molecular flexibility index (Phi) is 15.0. The molecule has 352 valence electrons. The van der Waals surface area contributed by atoms with E-state index in [-0.39, 0.29) is 58.2 Å². The van der Waals surface area contributed by atoms with Crippen molar-refractivity contribution in [1.82, 2.24) is 29.9 Å². The number of benzene rings is 4. The smallest absolute Gasteiger partial charge is 0.326 e. The van der Waals surface area contributed by atoms with Gasteiger partial charge in [-0.25, -0.2) is 9.59 Å². The van der Waals surface area contributed by atoms with E-state index in [0.717, 1.165) is 24.3 Å². The highest BCUT2D eigenvalue weighted by atomic mass is 32.2. The second-order valence-corrected chi connectivity index (χ2v) is 16.7. The molecule has 68 heavy (non-hydrogen) atoms. The molecule has 0 aliphatic heterocycles. The quantitative estimate of drug-likeness (QED) is 0.0332. The Balaban J connectivity index is 1.30. The van der Waals surface area contributed by atoms with Gasteiger partial charge in [-0.05, 0) is 59.7 Å². The molecular weight excluding hydrogens is 937 g/mol. The molecule has 2 atom stereocenters. The number of hydrogen-bond donors (Lipinski definition) is 12. The summed E-state index contributed by atoms with van der Waals surface area (Å²) in [6.07, 6.45) is 0.531. The van der Waals surface area contributed by atoms with E-state index in [2.05, 4.69) is 61.8 Å². The van der Waals surface area contributed by atoms with E-state index in [1.165, 1.54) is 24.3 Å². The molecule has 0 saturated heterocycles. The average Bonchev–Trinajstić information content (AvgIpc) is 3.25. The minimum atomic E-state index is -5.03. The van der Waals surface area contributed by atoms with Crippen LogP contribution >= 0.6 is 0 Å². The largest absolute Gasteiger partial charge is 0.481 e. The molecule has 0 amide bonds. The Morgan fingerprint density at radius 1 is 0.456 bits per heavy atom. The summed E-state index contributed by atoms with van der Waals surface area (Å²) in [5.74, 6) is -7.59. The third-order valence-electron chi connectivity index (χ3n) is 8.83. The van der Waals surface area contributed by atoms with Crippen molar-refractivity contribution in [1.29, 1.82) is 0 Å². The van der Waals surface area contributed by atoms with Crippen LogP contribution in [0.5, 0.6) is 0 Å². The van der Waals surface area contributed by atoms with Gasteiger partial charge in [0, 0.05) is 22.7 Å². The van der Waals surface area contributed by atoms with E-state index < -0.39 is 78.8 Å². The molecule has 2 aromatic heterocycles. The Morgan fingerprint density at radius 2 is 0.765 bits per heavy atom. The fraction of sp³-hybridized carbons (Fsp3) is 0.100. The van der Waals surface area contributed by atoms with Gasteiger partial charge < -0.3 is 52.3 Å². The van der Waals surface area contributed by atoms with Gasteiger partial charge >= 0.3 is 23.9 Å². The first-order chi connectivity index (χ1) is 32.2. The standard InChI is InChI=1S/C40H36N12O14S2/c53-31(54)19-27(33(57)58)45-39-49-35(41-23-7-3-1-4-8-23)47-37(51-39)43-25-15-13-21(29(17-25)67(61,62)63)11-12-22-14-16-26(18-30(22)68(64,65)66)44-38-48-36(42-24-9-5-2-6-10-24)50-40(52-38)46-28(34(59)60)20-32(55)56/h1-18,27-28H,19-20H2,(H,53,54)(H,55,56)(H,57,58)(H,59,60)(H,61,62,63)(H,64,65,66)(H3,41,43,45,47,49,51)(H3,42,44,46,48,50,52). The number of carboxylic acid groups (broad SMARTS) is 4. The number of para-hydroxylation sites is 2. The first-order valence-electron chi connectivity index (χ1n) is 19.2. The highest BCUT2D eigenvalue weighted by Gasteiger charge is 2.25. The molecule has 0 aliphatic carbocycles. The predicted octanol–water partition coefficient (Wildman–Crippen LogP) is 4.37. The lowest BCUT2D eigenvalue weighted by atomic mass is 10.1. The Labute approximate surface area is 383 Å². The van der Waals surface area contributed by atoms with Gasteiger partial charge in [0.05, 0.1) is 12.8 Å². The van der Waals surface area contributed by atoms with E-state index in [4.69, 9.17) is 0 Å². The Hall–Kier alpha value is -8.86. The number of nitrogens with one attached hydrogen (secondary N) is 6. The third-order valence-corrected chi connectivity index (χ3v) is 10.6.